The molecule has 0 radical (unpaired) electrons. The summed E-state index contributed by atoms with van der Waals surface area (Å²) in [6.07, 6.45) is 1.36. The molecule has 122 valence electrons. The van der Waals surface area contributed by atoms with Crippen LogP contribution in [0.5, 0.6) is 5.75 Å². The number of nitrogens with zero attached hydrogens (tertiary/aromatic N) is 3. The number of hydrogen-bond donors (Lipinski definition) is 2. The number of nitrogens with one attached hydrogen (secondary N) is 1. The summed E-state index contributed by atoms with van der Waals surface area (Å²) >= 11 is 11.7. The molecule has 0 aliphatic rings. The van der Waals surface area contributed by atoms with E-state index in [0.29, 0.717) is 16.3 Å². The van der Waals surface area contributed by atoms with Crippen molar-refractivity contribution in [2.24, 2.45) is 12.0 Å². The van der Waals surface area contributed by atoms with Gasteiger partial charge in [0.25, 0.3) is 0 Å². The lowest BCUT2D eigenvalue weighted by atomic mass is 10.2. The van der Waals surface area contributed by atoms with Crippen LogP contribution in [0.4, 0.5) is 5.69 Å². The number of halogens is 2. The standard InChI is InChI=1S/C15H16Cl2N4O2/c1-8-14(9(2)21(3)20-8)19-13(22)7-18-6-10-4-11(16)5-12(17)15(10)23/h4-6,23H,7H2,1-3H3,(H,19,22). The van der Waals surface area contributed by atoms with E-state index in [4.69, 9.17) is 23.2 Å². The van der Waals surface area contributed by atoms with Crippen LogP contribution in [0, 0.1) is 13.8 Å². The molecular weight excluding hydrogens is 339 g/mol. The minimum absolute atomic E-state index is 0.0999. The van der Waals surface area contributed by atoms with Crippen molar-refractivity contribution in [1.82, 2.24) is 9.78 Å². The van der Waals surface area contributed by atoms with Crippen molar-refractivity contribution < 1.29 is 9.90 Å². The van der Waals surface area contributed by atoms with Crippen LogP contribution in [-0.2, 0) is 11.8 Å². The molecule has 0 spiro atoms. The summed E-state index contributed by atoms with van der Waals surface area (Å²) in [4.78, 5) is 16.0. The summed E-state index contributed by atoms with van der Waals surface area (Å²) < 4.78 is 1.69. The number of hydrogen-bond acceptors (Lipinski definition) is 4. The Bertz CT molecular complexity index is 784. The van der Waals surface area contributed by atoms with Crippen molar-refractivity contribution in [2.75, 3.05) is 11.9 Å². The van der Waals surface area contributed by atoms with Gasteiger partial charge < -0.3 is 10.4 Å². The van der Waals surface area contributed by atoms with Crippen molar-refractivity contribution in [1.29, 1.82) is 0 Å². The van der Waals surface area contributed by atoms with E-state index in [0.717, 1.165) is 11.4 Å². The minimum atomic E-state index is -0.284. The Kier molecular flexibility index (Phi) is 5.28. The highest BCUT2D eigenvalue weighted by atomic mass is 35.5. The van der Waals surface area contributed by atoms with Gasteiger partial charge in [-0.1, -0.05) is 23.2 Å². The van der Waals surface area contributed by atoms with E-state index < -0.39 is 0 Å². The molecule has 0 bridgehead atoms. The average molecular weight is 355 g/mol. The molecule has 1 aromatic carbocycles. The second-order valence-corrected chi connectivity index (χ2v) is 5.86. The van der Waals surface area contributed by atoms with Gasteiger partial charge >= 0.3 is 0 Å². The van der Waals surface area contributed by atoms with Crippen molar-refractivity contribution in [3.05, 3.63) is 39.1 Å². The highest BCUT2D eigenvalue weighted by Gasteiger charge is 2.12. The van der Waals surface area contributed by atoms with Gasteiger partial charge in [0.1, 0.15) is 12.3 Å². The molecule has 0 aliphatic heterocycles. The fourth-order valence-electron chi connectivity index (χ4n) is 2.04. The van der Waals surface area contributed by atoms with E-state index in [2.05, 4.69) is 15.4 Å². The molecule has 0 aliphatic carbocycles. The van der Waals surface area contributed by atoms with Crippen molar-refractivity contribution >= 4 is 41.0 Å². The number of benzene rings is 1. The van der Waals surface area contributed by atoms with Gasteiger partial charge in [0.05, 0.1) is 22.1 Å². The normalized spacial score (nSPS) is 11.2. The van der Waals surface area contributed by atoms with Crippen LogP contribution in [-0.4, -0.2) is 33.6 Å². The minimum Gasteiger partial charge on any atom is -0.506 e. The molecule has 1 amide bonds. The number of rotatable bonds is 4. The van der Waals surface area contributed by atoms with Gasteiger partial charge in [-0.25, -0.2) is 0 Å². The number of aliphatic imine (C=N–C) groups is 1. The largest absolute Gasteiger partial charge is 0.506 e. The molecule has 0 atom stereocenters. The number of amides is 1. The van der Waals surface area contributed by atoms with Gasteiger partial charge in [0.2, 0.25) is 5.91 Å². The number of carbonyl (C=O) groups excluding carboxylic acids is 1. The number of aromatic hydroxyl groups is 1. The third-order valence-corrected chi connectivity index (χ3v) is 3.80. The molecule has 1 aromatic heterocycles. The molecule has 8 heteroatoms. The first kappa shape index (κ1) is 17.3. The van der Waals surface area contributed by atoms with Crippen LogP contribution in [0.15, 0.2) is 17.1 Å². The van der Waals surface area contributed by atoms with Gasteiger partial charge in [0.15, 0.2) is 0 Å². The predicted octanol–water partition coefficient (Wildman–Crippen LogP) is 3.11. The van der Waals surface area contributed by atoms with E-state index in [-0.39, 0.29) is 23.2 Å². The highest BCUT2D eigenvalue weighted by molar-refractivity contribution is 6.36. The number of phenols is 1. The lowest BCUT2D eigenvalue weighted by molar-refractivity contribution is -0.114. The topological polar surface area (TPSA) is 79.5 Å². The molecule has 0 saturated carbocycles. The lowest BCUT2D eigenvalue weighted by Crippen LogP contribution is -2.16. The third kappa shape index (κ3) is 4.03. The first-order valence-corrected chi connectivity index (χ1v) is 7.53. The van der Waals surface area contributed by atoms with Crippen LogP contribution < -0.4 is 5.32 Å². The number of phenolic OH excluding ortho intramolecular Hbond substituents is 1. The summed E-state index contributed by atoms with van der Waals surface area (Å²) in [6, 6.07) is 2.94. The molecule has 0 unspecified atom stereocenters. The summed E-state index contributed by atoms with van der Waals surface area (Å²) in [6.45, 7) is 3.58. The van der Waals surface area contributed by atoms with Crippen molar-refractivity contribution in [2.45, 2.75) is 13.8 Å². The second kappa shape index (κ2) is 7.02. The molecular formula is C15H16Cl2N4O2. The van der Waals surface area contributed by atoms with E-state index in [1.807, 2.05) is 20.9 Å². The van der Waals surface area contributed by atoms with Crippen LogP contribution >= 0.6 is 23.2 Å². The molecule has 23 heavy (non-hydrogen) atoms. The maximum atomic E-state index is 12.0. The SMILES string of the molecule is Cc1nn(C)c(C)c1NC(=O)CN=Cc1cc(Cl)cc(Cl)c1O. The van der Waals surface area contributed by atoms with Gasteiger partial charge in [-0.3, -0.25) is 14.5 Å². The molecule has 6 nitrogen and oxygen atoms in total. The maximum Gasteiger partial charge on any atom is 0.246 e. The third-order valence-electron chi connectivity index (χ3n) is 3.30. The highest BCUT2D eigenvalue weighted by Crippen LogP contribution is 2.30. The van der Waals surface area contributed by atoms with E-state index in [9.17, 15) is 9.90 Å². The quantitative estimate of drug-likeness (QED) is 0.827. The Morgan fingerprint density at radius 1 is 1.43 bits per heavy atom. The molecule has 2 aromatic rings. The molecule has 2 N–H and O–H groups in total. The van der Waals surface area contributed by atoms with E-state index >= 15 is 0 Å². The van der Waals surface area contributed by atoms with Gasteiger partial charge in [-0.05, 0) is 26.0 Å². The zero-order chi connectivity index (χ0) is 17.1. The first-order valence-electron chi connectivity index (χ1n) is 6.77. The molecule has 0 fully saturated rings. The summed E-state index contributed by atoms with van der Waals surface area (Å²) in [5.74, 6) is -0.410. The van der Waals surface area contributed by atoms with E-state index in [1.165, 1.54) is 18.3 Å². The van der Waals surface area contributed by atoms with Crippen molar-refractivity contribution in [3.63, 3.8) is 0 Å². The van der Waals surface area contributed by atoms with Crippen molar-refractivity contribution in [3.8, 4) is 5.75 Å². The molecule has 0 saturated heterocycles. The number of carbonyl (C=O) groups is 1. The summed E-state index contributed by atoms with van der Waals surface area (Å²) in [5, 5.41) is 17.3. The first-order chi connectivity index (χ1) is 10.8. The molecule has 1 heterocycles. The van der Waals surface area contributed by atoms with Gasteiger partial charge in [-0.2, -0.15) is 5.10 Å². The monoisotopic (exact) mass is 354 g/mol. The van der Waals surface area contributed by atoms with Crippen LogP contribution in [0.3, 0.4) is 0 Å². The fraction of sp³-hybridized carbons (Fsp3) is 0.267. The predicted molar refractivity (Wildman–Crippen MR) is 91.9 cm³/mol. The Morgan fingerprint density at radius 2 is 2.13 bits per heavy atom. The Hall–Kier alpha value is -2.05. The maximum absolute atomic E-state index is 12.0. The Balaban J connectivity index is 2.05. The Morgan fingerprint density at radius 3 is 2.74 bits per heavy atom. The number of aryl methyl sites for hydroxylation is 2. The Labute approximate surface area is 143 Å². The second-order valence-electron chi connectivity index (χ2n) is 5.01. The number of aromatic nitrogens is 2. The van der Waals surface area contributed by atoms with Gasteiger partial charge in [-0.15, -0.1) is 0 Å². The smallest absolute Gasteiger partial charge is 0.246 e. The zero-order valence-corrected chi connectivity index (χ0v) is 14.4. The van der Waals surface area contributed by atoms with Gasteiger partial charge in [0, 0.05) is 23.8 Å². The zero-order valence-electron chi connectivity index (χ0n) is 12.9. The summed E-state index contributed by atoms with van der Waals surface area (Å²) in [5.41, 5.74) is 2.63. The summed E-state index contributed by atoms with van der Waals surface area (Å²) in [7, 11) is 1.81. The van der Waals surface area contributed by atoms with Crippen LogP contribution in [0.1, 0.15) is 17.0 Å². The molecule has 2 rings (SSSR count). The van der Waals surface area contributed by atoms with E-state index in [1.54, 1.807) is 4.68 Å². The van der Waals surface area contributed by atoms with Crippen LogP contribution in [0.2, 0.25) is 10.0 Å². The fourth-order valence-corrected chi connectivity index (χ4v) is 2.55. The number of anilines is 1. The van der Waals surface area contributed by atoms with Crippen LogP contribution in [0.25, 0.3) is 0 Å². The average Bonchev–Trinajstić information content (AvgIpc) is 2.70. The lowest BCUT2D eigenvalue weighted by Gasteiger charge is -2.04.